The Morgan fingerprint density at radius 3 is 2.62 bits per heavy atom. The lowest BCUT2D eigenvalue weighted by molar-refractivity contribution is 1.04. The Hall–Kier alpha value is -1.27. The van der Waals surface area contributed by atoms with Crippen LogP contribution in [-0.2, 0) is 0 Å². The average Bonchev–Trinajstić information content (AvgIpc) is 2.09. The summed E-state index contributed by atoms with van der Waals surface area (Å²) in [5, 5.41) is 3.25. The number of terminal acetylenes is 1. The fourth-order valence-electron chi connectivity index (χ4n) is 0.823. The maximum atomic E-state index is 5.83. The number of nitrogens with zero attached hydrogens (tertiary/aromatic N) is 2. The van der Waals surface area contributed by atoms with Crippen LogP contribution in [0.25, 0.3) is 0 Å². The van der Waals surface area contributed by atoms with Gasteiger partial charge < -0.3 is 5.32 Å². The number of nitrogens with one attached hydrogen (secondary N) is 1. The molecule has 1 aromatic rings. The van der Waals surface area contributed by atoms with Crippen molar-refractivity contribution < 1.29 is 0 Å². The van der Waals surface area contributed by atoms with Crippen LogP contribution in [0, 0.1) is 26.2 Å². The van der Waals surface area contributed by atoms with Crippen LogP contribution in [0.3, 0.4) is 0 Å². The van der Waals surface area contributed by atoms with E-state index in [2.05, 4.69) is 21.2 Å². The highest BCUT2D eigenvalue weighted by molar-refractivity contribution is 6.31. The first-order valence-electron chi connectivity index (χ1n) is 3.83. The Bertz CT molecular complexity index is 355. The van der Waals surface area contributed by atoms with E-state index >= 15 is 0 Å². The molecule has 3 nitrogen and oxygen atoms in total. The third-order valence-corrected chi connectivity index (χ3v) is 1.89. The standard InChI is InChI=1S/C9H10ClN3/c1-4-5-11-9-8(10)12-6(2)7(3)13-9/h1H,5H2,2-3H3,(H,11,13). The fourth-order valence-corrected chi connectivity index (χ4v) is 1.06. The smallest absolute Gasteiger partial charge is 0.171 e. The molecule has 0 aliphatic carbocycles. The molecule has 1 rings (SSSR count). The zero-order valence-electron chi connectivity index (χ0n) is 7.56. The van der Waals surface area contributed by atoms with Gasteiger partial charge in [0.2, 0.25) is 0 Å². The lowest BCUT2D eigenvalue weighted by Crippen LogP contribution is -2.05. The fraction of sp³-hybridized carbons (Fsp3) is 0.333. The van der Waals surface area contributed by atoms with Crippen LogP contribution in [0.4, 0.5) is 5.82 Å². The largest absolute Gasteiger partial charge is 0.357 e. The van der Waals surface area contributed by atoms with E-state index in [9.17, 15) is 0 Å². The minimum absolute atomic E-state index is 0.360. The summed E-state index contributed by atoms with van der Waals surface area (Å²) in [6.07, 6.45) is 5.09. The molecular formula is C9H10ClN3. The van der Waals surface area contributed by atoms with Crippen molar-refractivity contribution in [1.82, 2.24) is 9.97 Å². The molecule has 0 unspecified atom stereocenters. The first-order chi connectivity index (χ1) is 6.15. The van der Waals surface area contributed by atoms with Gasteiger partial charge in [-0.1, -0.05) is 17.5 Å². The van der Waals surface area contributed by atoms with Crippen LogP contribution in [0.5, 0.6) is 0 Å². The Balaban J connectivity index is 2.96. The summed E-state index contributed by atoms with van der Waals surface area (Å²) >= 11 is 5.83. The molecule has 0 aliphatic rings. The predicted molar refractivity (Wildman–Crippen MR) is 53.8 cm³/mol. The number of aryl methyl sites for hydroxylation is 2. The van der Waals surface area contributed by atoms with Crippen molar-refractivity contribution in [2.24, 2.45) is 0 Å². The van der Waals surface area contributed by atoms with Crippen molar-refractivity contribution in [2.45, 2.75) is 13.8 Å². The Morgan fingerprint density at radius 1 is 1.38 bits per heavy atom. The van der Waals surface area contributed by atoms with E-state index in [-0.39, 0.29) is 0 Å². The molecule has 0 atom stereocenters. The highest BCUT2D eigenvalue weighted by Gasteiger charge is 2.04. The van der Waals surface area contributed by atoms with Crippen molar-refractivity contribution in [3.05, 3.63) is 16.5 Å². The minimum Gasteiger partial charge on any atom is -0.357 e. The third kappa shape index (κ3) is 2.33. The van der Waals surface area contributed by atoms with Crippen molar-refractivity contribution in [2.75, 3.05) is 11.9 Å². The first-order valence-corrected chi connectivity index (χ1v) is 4.21. The molecule has 0 aliphatic heterocycles. The summed E-state index contributed by atoms with van der Waals surface area (Å²) in [4.78, 5) is 8.31. The second-order valence-electron chi connectivity index (χ2n) is 2.59. The summed E-state index contributed by atoms with van der Waals surface area (Å²) in [6.45, 7) is 4.13. The van der Waals surface area contributed by atoms with Gasteiger partial charge in [-0.3, -0.25) is 0 Å². The molecule has 0 bridgehead atoms. The lowest BCUT2D eigenvalue weighted by Gasteiger charge is -2.06. The van der Waals surface area contributed by atoms with Gasteiger partial charge in [-0.05, 0) is 13.8 Å². The second-order valence-corrected chi connectivity index (χ2v) is 2.95. The third-order valence-electron chi connectivity index (χ3n) is 1.62. The van der Waals surface area contributed by atoms with E-state index < -0.39 is 0 Å². The van der Waals surface area contributed by atoms with Gasteiger partial charge in [-0.2, -0.15) is 0 Å². The molecule has 13 heavy (non-hydrogen) atoms. The number of aromatic nitrogens is 2. The molecule has 0 radical (unpaired) electrons. The molecule has 0 saturated carbocycles. The maximum absolute atomic E-state index is 5.83. The second kappa shape index (κ2) is 4.11. The molecule has 1 heterocycles. The molecule has 0 amide bonds. The molecule has 4 heteroatoms. The monoisotopic (exact) mass is 195 g/mol. The highest BCUT2D eigenvalue weighted by atomic mass is 35.5. The normalized spacial score (nSPS) is 9.38. The SMILES string of the molecule is C#CCNc1nc(C)c(C)nc1Cl. The molecule has 68 valence electrons. The van der Waals surface area contributed by atoms with E-state index in [1.807, 2.05) is 13.8 Å². The molecule has 0 aromatic carbocycles. The van der Waals surface area contributed by atoms with Gasteiger partial charge in [-0.15, -0.1) is 6.42 Å². The van der Waals surface area contributed by atoms with Crippen molar-refractivity contribution in [1.29, 1.82) is 0 Å². The summed E-state index contributed by atoms with van der Waals surface area (Å²) < 4.78 is 0. The molecular weight excluding hydrogens is 186 g/mol. The first kappa shape index (κ1) is 9.82. The van der Waals surface area contributed by atoms with E-state index in [4.69, 9.17) is 18.0 Å². The summed E-state index contributed by atoms with van der Waals surface area (Å²) in [6, 6.07) is 0. The highest BCUT2D eigenvalue weighted by Crippen LogP contribution is 2.17. The van der Waals surface area contributed by atoms with Gasteiger partial charge in [0.15, 0.2) is 11.0 Å². The van der Waals surface area contributed by atoms with E-state index in [0.29, 0.717) is 17.5 Å². The van der Waals surface area contributed by atoms with Gasteiger partial charge in [0.05, 0.1) is 17.9 Å². The number of anilines is 1. The summed E-state index contributed by atoms with van der Waals surface area (Å²) in [5.74, 6) is 2.98. The van der Waals surface area contributed by atoms with Crippen LogP contribution < -0.4 is 5.32 Å². The van der Waals surface area contributed by atoms with Gasteiger partial charge in [-0.25, -0.2) is 9.97 Å². The van der Waals surface area contributed by atoms with Gasteiger partial charge in [0, 0.05) is 0 Å². The molecule has 1 N–H and O–H groups in total. The van der Waals surface area contributed by atoms with Crippen LogP contribution >= 0.6 is 11.6 Å². The van der Waals surface area contributed by atoms with Gasteiger partial charge in [0.25, 0.3) is 0 Å². The Labute approximate surface area is 82.5 Å². The minimum atomic E-state index is 0.360. The van der Waals surface area contributed by atoms with Gasteiger partial charge in [0.1, 0.15) is 0 Å². The van der Waals surface area contributed by atoms with E-state index in [0.717, 1.165) is 11.4 Å². The van der Waals surface area contributed by atoms with Crippen molar-refractivity contribution in [3.63, 3.8) is 0 Å². The number of halogens is 1. The molecule has 0 saturated heterocycles. The molecule has 0 fully saturated rings. The summed E-state index contributed by atoms with van der Waals surface area (Å²) in [7, 11) is 0. The van der Waals surface area contributed by atoms with E-state index in [1.165, 1.54) is 0 Å². The summed E-state index contributed by atoms with van der Waals surface area (Å²) in [5.41, 5.74) is 1.68. The number of rotatable bonds is 2. The topological polar surface area (TPSA) is 37.8 Å². The van der Waals surface area contributed by atoms with Crippen LogP contribution in [0.2, 0.25) is 5.15 Å². The van der Waals surface area contributed by atoms with Crippen LogP contribution in [-0.4, -0.2) is 16.5 Å². The maximum Gasteiger partial charge on any atom is 0.171 e. The zero-order valence-corrected chi connectivity index (χ0v) is 8.31. The number of hydrogen-bond acceptors (Lipinski definition) is 3. The number of hydrogen-bond donors (Lipinski definition) is 1. The van der Waals surface area contributed by atoms with Crippen molar-refractivity contribution >= 4 is 17.4 Å². The lowest BCUT2D eigenvalue weighted by atomic mass is 10.3. The van der Waals surface area contributed by atoms with E-state index in [1.54, 1.807) is 0 Å². The Kier molecular flexibility index (Phi) is 3.10. The van der Waals surface area contributed by atoms with Crippen LogP contribution in [0.15, 0.2) is 0 Å². The molecule has 1 aromatic heterocycles. The predicted octanol–water partition coefficient (Wildman–Crippen LogP) is 1.79. The van der Waals surface area contributed by atoms with Crippen LogP contribution in [0.1, 0.15) is 11.4 Å². The van der Waals surface area contributed by atoms with Gasteiger partial charge >= 0.3 is 0 Å². The quantitative estimate of drug-likeness (QED) is 0.732. The Morgan fingerprint density at radius 2 is 2.00 bits per heavy atom. The molecule has 0 spiro atoms. The zero-order chi connectivity index (χ0) is 9.84. The van der Waals surface area contributed by atoms with Crippen molar-refractivity contribution in [3.8, 4) is 12.3 Å². The average molecular weight is 196 g/mol.